The molecule has 0 saturated carbocycles. The molecule has 2 heterocycles. The lowest BCUT2D eigenvalue weighted by molar-refractivity contribution is 0.341. The number of hydrogen-bond acceptors (Lipinski definition) is 5. The Hall–Kier alpha value is -1.25. The number of piperidine rings is 1. The molecule has 8 heteroatoms. The van der Waals surface area contributed by atoms with Crippen molar-refractivity contribution in [3.05, 3.63) is 17.8 Å². The van der Waals surface area contributed by atoms with Gasteiger partial charge in [-0.05, 0) is 18.9 Å². The molecular formula is C11H18N4O3S. The van der Waals surface area contributed by atoms with E-state index in [0.717, 1.165) is 19.3 Å². The van der Waals surface area contributed by atoms with Gasteiger partial charge in [0, 0.05) is 19.2 Å². The first-order valence-electron chi connectivity index (χ1n) is 6.23. The fraction of sp³-hybridized carbons (Fsp3) is 0.636. The number of nitrogens with zero attached hydrogens (tertiary/aromatic N) is 3. The Labute approximate surface area is 113 Å². The summed E-state index contributed by atoms with van der Waals surface area (Å²) in [7, 11) is -1.91. The summed E-state index contributed by atoms with van der Waals surface area (Å²) in [5.74, 6) is 0.405. The van der Waals surface area contributed by atoms with E-state index in [4.69, 9.17) is 4.74 Å². The minimum Gasteiger partial charge on any atom is -0.480 e. The van der Waals surface area contributed by atoms with E-state index in [2.05, 4.69) is 14.9 Å². The van der Waals surface area contributed by atoms with Crippen LogP contribution in [-0.4, -0.2) is 43.1 Å². The molecule has 0 bridgehead atoms. The summed E-state index contributed by atoms with van der Waals surface area (Å²) >= 11 is 0. The number of rotatable bonds is 5. The van der Waals surface area contributed by atoms with Gasteiger partial charge in [-0.15, -0.1) is 5.10 Å². The fourth-order valence-corrected chi connectivity index (χ4v) is 3.16. The standard InChI is InChI=1S/C11H18N4O3S/c1-18-11-6-5-10(13-14-11)9-12-19(16,17)15-7-3-2-4-8-15/h5-6,12H,2-4,7-9H2,1H3. The van der Waals surface area contributed by atoms with Crippen LogP contribution in [0.1, 0.15) is 25.0 Å². The molecule has 1 N–H and O–H groups in total. The molecule has 0 aromatic carbocycles. The minimum absolute atomic E-state index is 0.135. The van der Waals surface area contributed by atoms with Crippen LogP contribution in [0.2, 0.25) is 0 Å². The number of methoxy groups -OCH3 is 1. The second-order valence-electron chi connectivity index (χ2n) is 4.35. The Morgan fingerprint density at radius 3 is 2.58 bits per heavy atom. The zero-order valence-corrected chi connectivity index (χ0v) is 11.7. The number of nitrogens with one attached hydrogen (secondary N) is 1. The van der Waals surface area contributed by atoms with Gasteiger partial charge in [-0.3, -0.25) is 0 Å². The monoisotopic (exact) mass is 286 g/mol. The highest BCUT2D eigenvalue weighted by molar-refractivity contribution is 7.87. The molecule has 19 heavy (non-hydrogen) atoms. The molecule has 0 unspecified atom stereocenters. The molecule has 1 fully saturated rings. The van der Waals surface area contributed by atoms with E-state index >= 15 is 0 Å². The number of hydrogen-bond donors (Lipinski definition) is 1. The largest absolute Gasteiger partial charge is 0.480 e. The summed E-state index contributed by atoms with van der Waals surface area (Å²) in [5, 5.41) is 7.67. The molecule has 1 aromatic rings. The van der Waals surface area contributed by atoms with Gasteiger partial charge in [0.2, 0.25) is 5.88 Å². The summed E-state index contributed by atoms with van der Waals surface area (Å²) < 4.78 is 33.0. The van der Waals surface area contributed by atoms with Crippen molar-refractivity contribution in [2.45, 2.75) is 25.8 Å². The van der Waals surface area contributed by atoms with Gasteiger partial charge in [0.15, 0.2) is 0 Å². The van der Waals surface area contributed by atoms with Crippen molar-refractivity contribution in [1.29, 1.82) is 0 Å². The molecule has 0 amide bonds. The van der Waals surface area contributed by atoms with E-state index in [1.807, 2.05) is 0 Å². The Morgan fingerprint density at radius 1 is 1.26 bits per heavy atom. The van der Waals surface area contributed by atoms with E-state index < -0.39 is 10.2 Å². The molecule has 106 valence electrons. The number of aromatic nitrogens is 2. The Kier molecular flexibility index (Phi) is 4.67. The molecule has 1 aliphatic heterocycles. The molecule has 1 saturated heterocycles. The quantitative estimate of drug-likeness (QED) is 0.842. The lowest BCUT2D eigenvalue weighted by Crippen LogP contribution is -2.43. The first-order chi connectivity index (χ1) is 9.12. The highest BCUT2D eigenvalue weighted by atomic mass is 32.2. The first-order valence-corrected chi connectivity index (χ1v) is 7.67. The lowest BCUT2D eigenvalue weighted by Gasteiger charge is -2.25. The average molecular weight is 286 g/mol. The highest BCUT2D eigenvalue weighted by Gasteiger charge is 2.23. The van der Waals surface area contributed by atoms with Crippen molar-refractivity contribution in [2.75, 3.05) is 20.2 Å². The summed E-state index contributed by atoms with van der Waals surface area (Å²) in [4.78, 5) is 0. The van der Waals surface area contributed by atoms with E-state index in [1.165, 1.54) is 11.4 Å². The van der Waals surface area contributed by atoms with Gasteiger partial charge in [-0.25, -0.2) is 0 Å². The molecule has 7 nitrogen and oxygen atoms in total. The topological polar surface area (TPSA) is 84.4 Å². The Morgan fingerprint density at radius 2 is 2.00 bits per heavy atom. The molecule has 0 radical (unpaired) electrons. The van der Waals surface area contributed by atoms with Gasteiger partial charge in [-0.2, -0.15) is 22.5 Å². The highest BCUT2D eigenvalue weighted by Crippen LogP contribution is 2.12. The summed E-state index contributed by atoms with van der Waals surface area (Å²) in [6, 6.07) is 3.34. The maximum atomic E-state index is 12.0. The van der Waals surface area contributed by atoms with Crippen LogP contribution in [0, 0.1) is 0 Å². The van der Waals surface area contributed by atoms with E-state index in [-0.39, 0.29) is 6.54 Å². The van der Waals surface area contributed by atoms with Gasteiger partial charge >= 0.3 is 0 Å². The van der Waals surface area contributed by atoms with Crippen LogP contribution in [0.3, 0.4) is 0 Å². The van der Waals surface area contributed by atoms with Crippen LogP contribution in [-0.2, 0) is 16.8 Å². The van der Waals surface area contributed by atoms with Crippen molar-refractivity contribution in [1.82, 2.24) is 19.2 Å². The van der Waals surface area contributed by atoms with Gasteiger partial charge in [0.05, 0.1) is 19.3 Å². The summed E-state index contributed by atoms with van der Waals surface area (Å²) in [6.07, 6.45) is 2.93. The van der Waals surface area contributed by atoms with Crippen LogP contribution >= 0.6 is 0 Å². The zero-order chi connectivity index (χ0) is 13.7. The second kappa shape index (κ2) is 6.27. The van der Waals surface area contributed by atoms with Gasteiger partial charge < -0.3 is 4.74 Å². The van der Waals surface area contributed by atoms with Crippen LogP contribution in [0.5, 0.6) is 5.88 Å². The molecule has 1 aromatic heterocycles. The summed E-state index contributed by atoms with van der Waals surface area (Å²) in [5.41, 5.74) is 0.557. The van der Waals surface area contributed by atoms with Crippen molar-refractivity contribution in [2.24, 2.45) is 0 Å². The van der Waals surface area contributed by atoms with Crippen LogP contribution in [0.25, 0.3) is 0 Å². The van der Waals surface area contributed by atoms with Crippen molar-refractivity contribution in [3.8, 4) is 5.88 Å². The predicted molar refractivity (Wildman–Crippen MR) is 69.8 cm³/mol. The molecule has 0 aliphatic carbocycles. The maximum Gasteiger partial charge on any atom is 0.279 e. The van der Waals surface area contributed by atoms with Gasteiger partial charge in [0.1, 0.15) is 0 Å². The van der Waals surface area contributed by atoms with Gasteiger partial charge in [-0.1, -0.05) is 6.42 Å². The van der Waals surface area contributed by atoms with Crippen molar-refractivity contribution in [3.63, 3.8) is 0 Å². The van der Waals surface area contributed by atoms with Gasteiger partial charge in [0.25, 0.3) is 10.2 Å². The molecule has 2 rings (SSSR count). The SMILES string of the molecule is COc1ccc(CNS(=O)(=O)N2CCCCC2)nn1. The van der Waals surface area contributed by atoms with Crippen molar-refractivity contribution >= 4 is 10.2 Å². The van der Waals surface area contributed by atoms with Crippen LogP contribution in [0.15, 0.2) is 12.1 Å². The predicted octanol–water partition coefficient (Wildman–Crippen LogP) is 0.305. The Bertz CT molecular complexity index is 497. The lowest BCUT2D eigenvalue weighted by atomic mass is 10.2. The zero-order valence-electron chi connectivity index (χ0n) is 10.9. The Balaban J connectivity index is 1.92. The smallest absolute Gasteiger partial charge is 0.279 e. The fourth-order valence-electron chi connectivity index (χ4n) is 1.91. The average Bonchev–Trinajstić information content (AvgIpc) is 2.47. The van der Waals surface area contributed by atoms with Crippen LogP contribution in [0.4, 0.5) is 0 Å². The van der Waals surface area contributed by atoms with E-state index in [9.17, 15) is 8.42 Å². The number of ether oxygens (including phenoxy) is 1. The molecule has 0 spiro atoms. The maximum absolute atomic E-state index is 12.0. The minimum atomic E-state index is -3.41. The third-order valence-electron chi connectivity index (χ3n) is 3.00. The third kappa shape index (κ3) is 3.85. The first kappa shape index (κ1) is 14.2. The van der Waals surface area contributed by atoms with E-state index in [0.29, 0.717) is 24.7 Å². The second-order valence-corrected chi connectivity index (χ2v) is 6.11. The normalized spacial score (nSPS) is 17.3. The molecule has 0 atom stereocenters. The molecular weight excluding hydrogens is 268 g/mol. The van der Waals surface area contributed by atoms with E-state index in [1.54, 1.807) is 12.1 Å². The van der Waals surface area contributed by atoms with Crippen molar-refractivity contribution < 1.29 is 13.2 Å². The summed E-state index contributed by atoms with van der Waals surface area (Å²) in [6.45, 7) is 1.31. The van der Waals surface area contributed by atoms with Crippen LogP contribution < -0.4 is 9.46 Å². The third-order valence-corrected chi connectivity index (χ3v) is 4.55. The molecule has 1 aliphatic rings.